The lowest BCUT2D eigenvalue weighted by Crippen LogP contribution is -2.39. The molecule has 0 unspecified atom stereocenters. The van der Waals surface area contributed by atoms with Crippen molar-refractivity contribution in [3.05, 3.63) is 63.1 Å². The Morgan fingerprint density at radius 2 is 1.81 bits per heavy atom. The molecule has 7 heteroatoms. The lowest BCUT2D eigenvalue weighted by molar-refractivity contribution is 0.0765. The summed E-state index contributed by atoms with van der Waals surface area (Å²) in [6.07, 6.45) is 1.78. The van der Waals surface area contributed by atoms with E-state index in [0.29, 0.717) is 49.3 Å². The first-order valence-corrected chi connectivity index (χ1v) is 10.6. The number of hydrogen-bond acceptors (Lipinski definition) is 5. The van der Waals surface area contributed by atoms with Crippen LogP contribution in [0.3, 0.4) is 0 Å². The molecule has 2 aliphatic rings. The van der Waals surface area contributed by atoms with Crippen molar-refractivity contribution in [2.45, 2.75) is 33.1 Å². The topological polar surface area (TPSA) is 97.3 Å². The molecule has 1 N–H and O–H groups in total. The summed E-state index contributed by atoms with van der Waals surface area (Å²) in [6.45, 7) is 6.45. The lowest BCUT2D eigenvalue weighted by atomic mass is 9.75. The Bertz CT molecular complexity index is 1120. The smallest absolute Gasteiger partial charge is 0.261 e. The maximum atomic E-state index is 13.2. The van der Waals surface area contributed by atoms with Crippen molar-refractivity contribution in [1.82, 2.24) is 9.88 Å². The summed E-state index contributed by atoms with van der Waals surface area (Å²) >= 11 is 0. The normalized spacial score (nSPS) is 18.2. The van der Waals surface area contributed by atoms with Gasteiger partial charge in [-0.25, -0.2) is 0 Å². The summed E-state index contributed by atoms with van der Waals surface area (Å²) in [5.41, 5.74) is 2.13. The molecule has 1 aliphatic carbocycles. The Balaban J connectivity index is 1.52. The SMILES string of the molecule is CC1(C)CC(=O)c2cc(C(=O)N3CCCN(c4ccc(C#N)cc4)CC3)c(=O)[nH]c2C1. The van der Waals surface area contributed by atoms with Crippen LogP contribution in [-0.4, -0.2) is 47.8 Å². The van der Waals surface area contributed by atoms with Crippen LogP contribution in [0.2, 0.25) is 0 Å². The van der Waals surface area contributed by atoms with Gasteiger partial charge in [-0.1, -0.05) is 13.8 Å². The first-order chi connectivity index (χ1) is 14.8. The largest absolute Gasteiger partial charge is 0.370 e. The second-order valence-corrected chi connectivity index (χ2v) is 9.14. The van der Waals surface area contributed by atoms with Crippen LogP contribution in [0.4, 0.5) is 5.69 Å². The molecule has 31 heavy (non-hydrogen) atoms. The van der Waals surface area contributed by atoms with E-state index in [1.54, 1.807) is 17.0 Å². The zero-order valence-corrected chi connectivity index (χ0v) is 17.9. The van der Waals surface area contributed by atoms with E-state index in [-0.39, 0.29) is 22.7 Å². The molecule has 4 rings (SSSR count). The Kier molecular flexibility index (Phi) is 5.40. The quantitative estimate of drug-likeness (QED) is 0.809. The highest BCUT2D eigenvalue weighted by molar-refractivity contribution is 6.02. The van der Waals surface area contributed by atoms with E-state index in [1.165, 1.54) is 6.07 Å². The van der Waals surface area contributed by atoms with E-state index in [0.717, 1.165) is 18.7 Å². The average Bonchev–Trinajstić information content (AvgIpc) is 2.98. The van der Waals surface area contributed by atoms with Gasteiger partial charge in [0.15, 0.2) is 5.78 Å². The van der Waals surface area contributed by atoms with Crippen LogP contribution in [0.1, 0.15) is 58.7 Å². The number of fused-ring (bicyclic) bond motifs is 1. The van der Waals surface area contributed by atoms with Crippen molar-refractivity contribution in [3.63, 3.8) is 0 Å². The minimum atomic E-state index is -0.428. The third-order valence-electron chi connectivity index (χ3n) is 6.09. The van der Waals surface area contributed by atoms with Gasteiger partial charge < -0.3 is 14.8 Å². The van der Waals surface area contributed by atoms with Crippen LogP contribution in [0.5, 0.6) is 0 Å². The molecule has 7 nitrogen and oxygen atoms in total. The van der Waals surface area contributed by atoms with Gasteiger partial charge in [0, 0.05) is 49.5 Å². The summed E-state index contributed by atoms with van der Waals surface area (Å²) in [4.78, 5) is 45.1. The number of nitriles is 1. The molecule has 2 heterocycles. The van der Waals surface area contributed by atoms with Crippen molar-refractivity contribution in [3.8, 4) is 6.07 Å². The van der Waals surface area contributed by atoms with E-state index in [9.17, 15) is 14.4 Å². The number of Topliss-reactive ketones (excluding diaryl/α,β-unsaturated/α-hetero) is 1. The maximum absolute atomic E-state index is 13.2. The number of rotatable bonds is 2. The van der Waals surface area contributed by atoms with Gasteiger partial charge in [0.2, 0.25) is 0 Å². The second kappa shape index (κ2) is 8.03. The number of aromatic amines is 1. The molecule has 160 valence electrons. The molecule has 2 aromatic rings. The fourth-order valence-electron chi connectivity index (χ4n) is 4.48. The number of ketones is 1. The molecule has 1 aromatic carbocycles. The molecule has 0 atom stereocenters. The summed E-state index contributed by atoms with van der Waals surface area (Å²) in [5, 5.41) is 8.97. The van der Waals surface area contributed by atoms with E-state index in [1.807, 2.05) is 26.0 Å². The Hall–Kier alpha value is -3.40. The average molecular weight is 418 g/mol. The second-order valence-electron chi connectivity index (χ2n) is 9.14. The number of benzene rings is 1. The van der Waals surface area contributed by atoms with Gasteiger partial charge in [-0.3, -0.25) is 14.4 Å². The highest BCUT2D eigenvalue weighted by atomic mass is 16.2. The van der Waals surface area contributed by atoms with Gasteiger partial charge >= 0.3 is 0 Å². The van der Waals surface area contributed by atoms with Gasteiger partial charge in [0.25, 0.3) is 11.5 Å². The summed E-state index contributed by atoms with van der Waals surface area (Å²) in [6, 6.07) is 11.0. The van der Waals surface area contributed by atoms with Gasteiger partial charge in [-0.15, -0.1) is 0 Å². The summed E-state index contributed by atoms with van der Waals surface area (Å²) < 4.78 is 0. The van der Waals surface area contributed by atoms with Crippen molar-refractivity contribution in [2.75, 3.05) is 31.1 Å². The fraction of sp³-hybridized carbons (Fsp3) is 0.417. The molecule has 0 radical (unpaired) electrons. The van der Waals surface area contributed by atoms with Crippen LogP contribution in [0, 0.1) is 16.7 Å². The molecule has 0 saturated carbocycles. The summed E-state index contributed by atoms with van der Waals surface area (Å²) in [7, 11) is 0. The minimum absolute atomic E-state index is 0.0283. The Labute approximate surface area is 181 Å². The Morgan fingerprint density at radius 1 is 1.06 bits per heavy atom. The maximum Gasteiger partial charge on any atom is 0.261 e. The van der Waals surface area contributed by atoms with Crippen LogP contribution < -0.4 is 10.5 Å². The Morgan fingerprint density at radius 3 is 2.52 bits per heavy atom. The standard InChI is InChI=1S/C24H26N4O3/c1-24(2)13-20-18(21(29)14-24)12-19(22(30)26-20)23(31)28-9-3-8-27(10-11-28)17-6-4-16(15-25)5-7-17/h4-7,12H,3,8-11,13-14H2,1-2H3,(H,26,30). The number of amides is 1. The van der Waals surface area contributed by atoms with Crippen molar-refractivity contribution in [1.29, 1.82) is 5.26 Å². The third-order valence-corrected chi connectivity index (χ3v) is 6.09. The number of pyridine rings is 1. The van der Waals surface area contributed by atoms with Crippen LogP contribution in [0.15, 0.2) is 35.1 Å². The highest BCUT2D eigenvalue weighted by Crippen LogP contribution is 2.33. The molecular formula is C24H26N4O3. The number of anilines is 1. The highest BCUT2D eigenvalue weighted by Gasteiger charge is 2.33. The van der Waals surface area contributed by atoms with E-state index in [4.69, 9.17) is 5.26 Å². The number of carbonyl (C=O) groups is 2. The molecule has 1 aliphatic heterocycles. The number of aromatic nitrogens is 1. The minimum Gasteiger partial charge on any atom is -0.370 e. The molecule has 0 bridgehead atoms. The monoisotopic (exact) mass is 418 g/mol. The van der Waals surface area contributed by atoms with Gasteiger partial charge in [0.05, 0.1) is 11.6 Å². The van der Waals surface area contributed by atoms with Crippen molar-refractivity contribution >= 4 is 17.4 Å². The zero-order chi connectivity index (χ0) is 22.2. The number of carbonyl (C=O) groups excluding carboxylic acids is 2. The van der Waals surface area contributed by atoms with E-state index < -0.39 is 5.56 Å². The van der Waals surface area contributed by atoms with Crippen molar-refractivity contribution < 1.29 is 9.59 Å². The number of nitrogens with one attached hydrogen (secondary N) is 1. The molecule has 1 amide bonds. The molecule has 1 saturated heterocycles. The molecule has 0 spiro atoms. The third kappa shape index (κ3) is 4.24. The summed E-state index contributed by atoms with van der Waals surface area (Å²) in [5.74, 6) is -0.359. The first-order valence-electron chi connectivity index (χ1n) is 10.6. The first kappa shape index (κ1) is 20.9. The number of H-pyrrole nitrogens is 1. The molecule has 1 fully saturated rings. The van der Waals surface area contributed by atoms with Crippen LogP contribution in [0.25, 0.3) is 0 Å². The van der Waals surface area contributed by atoms with Crippen LogP contribution >= 0.6 is 0 Å². The van der Waals surface area contributed by atoms with Crippen molar-refractivity contribution in [2.24, 2.45) is 5.41 Å². The molecular weight excluding hydrogens is 392 g/mol. The number of nitrogens with zero attached hydrogens (tertiary/aromatic N) is 3. The predicted molar refractivity (Wildman–Crippen MR) is 117 cm³/mol. The van der Waals surface area contributed by atoms with E-state index >= 15 is 0 Å². The van der Waals surface area contributed by atoms with Crippen LogP contribution in [-0.2, 0) is 6.42 Å². The van der Waals surface area contributed by atoms with Gasteiger partial charge in [-0.05, 0) is 48.6 Å². The van der Waals surface area contributed by atoms with Gasteiger partial charge in [0.1, 0.15) is 5.56 Å². The lowest BCUT2D eigenvalue weighted by Gasteiger charge is -2.30. The van der Waals surface area contributed by atoms with Gasteiger partial charge in [-0.2, -0.15) is 5.26 Å². The van der Waals surface area contributed by atoms with E-state index in [2.05, 4.69) is 16.0 Å². The zero-order valence-electron chi connectivity index (χ0n) is 17.9. The fourth-order valence-corrected chi connectivity index (χ4v) is 4.48. The molecule has 1 aromatic heterocycles. The predicted octanol–water partition coefficient (Wildman–Crippen LogP) is 2.75. The number of hydrogen-bond donors (Lipinski definition) is 1.